The first kappa shape index (κ1) is 15.9. The van der Waals surface area contributed by atoms with Gasteiger partial charge in [0.05, 0.1) is 22.7 Å². The van der Waals surface area contributed by atoms with E-state index >= 15 is 0 Å². The van der Waals surface area contributed by atoms with E-state index in [0.29, 0.717) is 18.7 Å². The van der Waals surface area contributed by atoms with Crippen LogP contribution in [0.25, 0.3) is 0 Å². The molecule has 0 saturated carbocycles. The maximum absolute atomic E-state index is 12.7. The molecule has 1 aliphatic rings. The van der Waals surface area contributed by atoms with E-state index in [9.17, 15) is 13.5 Å². The molecular formula is C12H16Cl2N2O3S. The molecule has 20 heavy (non-hydrogen) atoms. The zero-order valence-corrected chi connectivity index (χ0v) is 13.2. The highest BCUT2D eigenvalue weighted by atomic mass is 35.5. The van der Waals surface area contributed by atoms with Gasteiger partial charge >= 0.3 is 0 Å². The molecule has 0 bridgehead atoms. The second-order valence-corrected chi connectivity index (χ2v) is 7.59. The monoisotopic (exact) mass is 338 g/mol. The highest BCUT2D eigenvalue weighted by molar-refractivity contribution is 7.89. The third kappa shape index (κ3) is 2.63. The predicted octanol–water partition coefficient (Wildman–Crippen LogP) is 1.97. The van der Waals surface area contributed by atoms with Crippen LogP contribution in [0.4, 0.5) is 5.69 Å². The molecule has 0 aliphatic carbocycles. The first-order chi connectivity index (χ1) is 9.28. The molecule has 0 radical (unpaired) electrons. The molecule has 1 aliphatic heterocycles. The number of sulfonamides is 1. The van der Waals surface area contributed by atoms with Crippen LogP contribution >= 0.6 is 23.2 Å². The van der Waals surface area contributed by atoms with Crippen molar-refractivity contribution in [2.24, 2.45) is 5.92 Å². The van der Waals surface area contributed by atoms with Crippen molar-refractivity contribution >= 4 is 38.9 Å². The Morgan fingerprint density at radius 2 is 1.95 bits per heavy atom. The van der Waals surface area contributed by atoms with Crippen molar-refractivity contribution in [3.63, 3.8) is 0 Å². The van der Waals surface area contributed by atoms with Gasteiger partial charge in [0.25, 0.3) is 0 Å². The van der Waals surface area contributed by atoms with E-state index < -0.39 is 16.1 Å². The first-order valence-electron chi connectivity index (χ1n) is 6.16. The number of aliphatic hydroxyl groups excluding tert-OH is 1. The zero-order valence-electron chi connectivity index (χ0n) is 10.9. The number of nitrogens with two attached hydrogens (primary N) is 1. The lowest BCUT2D eigenvalue weighted by molar-refractivity contribution is 0.191. The molecule has 1 aromatic rings. The third-order valence-corrected chi connectivity index (χ3v) is 6.45. The summed E-state index contributed by atoms with van der Waals surface area (Å²) >= 11 is 12.0. The van der Waals surface area contributed by atoms with Gasteiger partial charge in [0.2, 0.25) is 10.0 Å². The quantitative estimate of drug-likeness (QED) is 0.825. The van der Waals surface area contributed by atoms with Gasteiger partial charge in [0.1, 0.15) is 4.90 Å². The minimum absolute atomic E-state index is 0.00811. The van der Waals surface area contributed by atoms with Crippen molar-refractivity contribution in [2.45, 2.75) is 24.3 Å². The van der Waals surface area contributed by atoms with E-state index in [0.717, 1.165) is 0 Å². The summed E-state index contributed by atoms with van der Waals surface area (Å²) in [6, 6.07) is 2.26. The molecule has 1 heterocycles. The Kier molecular flexibility index (Phi) is 4.51. The normalized spacial score (nSPS) is 24.2. The number of halogens is 2. The first-order valence-corrected chi connectivity index (χ1v) is 8.36. The Balaban J connectivity index is 2.51. The Morgan fingerprint density at radius 1 is 1.40 bits per heavy atom. The molecule has 1 fully saturated rings. The Labute approximate surface area is 128 Å². The Bertz CT molecular complexity index is 598. The number of nitrogens with zero attached hydrogens (tertiary/aromatic N) is 1. The van der Waals surface area contributed by atoms with Gasteiger partial charge in [-0.25, -0.2) is 8.42 Å². The lowest BCUT2D eigenvalue weighted by Gasteiger charge is -2.25. The summed E-state index contributed by atoms with van der Waals surface area (Å²) < 4.78 is 26.7. The van der Waals surface area contributed by atoms with Crippen LogP contribution in [0.2, 0.25) is 10.0 Å². The molecule has 5 nitrogen and oxygen atoms in total. The molecule has 1 aromatic carbocycles. The van der Waals surface area contributed by atoms with Crippen molar-refractivity contribution in [1.82, 2.24) is 4.31 Å². The minimum atomic E-state index is -3.86. The second kappa shape index (κ2) is 5.69. The summed E-state index contributed by atoms with van der Waals surface area (Å²) in [4.78, 5) is -0.150. The summed E-state index contributed by atoms with van der Waals surface area (Å²) in [6.07, 6.45) is 0.689. The summed E-state index contributed by atoms with van der Waals surface area (Å²) in [7, 11) is -3.86. The van der Waals surface area contributed by atoms with Gasteiger partial charge in [0.15, 0.2) is 0 Å². The van der Waals surface area contributed by atoms with Crippen molar-refractivity contribution in [1.29, 1.82) is 0 Å². The summed E-state index contributed by atoms with van der Waals surface area (Å²) in [5.74, 6) is 0.0844. The topological polar surface area (TPSA) is 83.6 Å². The van der Waals surface area contributed by atoms with Gasteiger partial charge in [-0.1, -0.05) is 30.1 Å². The van der Waals surface area contributed by atoms with Crippen LogP contribution in [0.15, 0.2) is 17.0 Å². The molecule has 8 heteroatoms. The fourth-order valence-corrected chi connectivity index (χ4v) is 5.40. The van der Waals surface area contributed by atoms with Crippen LogP contribution in [-0.4, -0.2) is 37.0 Å². The summed E-state index contributed by atoms with van der Waals surface area (Å²) in [6.45, 7) is 2.01. The maximum Gasteiger partial charge on any atom is 0.246 e. The second-order valence-electron chi connectivity index (χ2n) is 4.95. The number of nitrogen functional groups attached to an aromatic ring is 1. The molecule has 0 amide bonds. The number of rotatable bonds is 3. The molecule has 0 aromatic heterocycles. The van der Waals surface area contributed by atoms with Gasteiger partial charge < -0.3 is 10.8 Å². The van der Waals surface area contributed by atoms with Crippen molar-refractivity contribution < 1.29 is 13.5 Å². The molecule has 2 rings (SSSR count). The van der Waals surface area contributed by atoms with Crippen LogP contribution in [0.1, 0.15) is 13.3 Å². The fourth-order valence-electron chi connectivity index (χ4n) is 2.49. The smallest absolute Gasteiger partial charge is 0.246 e. The van der Waals surface area contributed by atoms with E-state index in [1.165, 1.54) is 16.4 Å². The van der Waals surface area contributed by atoms with Crippen LogP contribution in [0, 0.1) is 5.92 Å². The standard InChI is InChI=1S/C12H16Cl2N2O3S/c1-7-2-3-16(11(7)6-17)20(18,19)12-9(13)4-8(15)5-10(12)14/h4-5,7,11,17H,2-3,6,15H2,1H3. The van der Waals surface area contributed by atoms with Crippen LogP contribution < -0.4 is 5.73 Å². The average molecular weight is 339 g/mol. The number of aliphatic hydroxyl groups is 1. The van der Waals surface area contributed by atoms with Crippen LogP contribution in [0.5, 0.6) is 0 Å². The largest absolute Gasteiger partial charge is 0.399 e. The van der Waals surface area contributed by atoms with E-state index in [1.54, 1.807) is 0 Å². The molecule has 0 spiro atoms. The van der Waals surface area contributed by atoms with E-state index in [2.05, 4.69) is 0 Å². The average Bonchev–Trinajstić information content (AvgIpc) is 2.69. The summed E-state index contributed by atoms with van der Waals surface area (Å²) in [5.41, 5.74) is 5.88. The molecule has 1 saturated heterocycles. The number of hydrogen-bond donors (Lipinski definition) is 2. The van der Waals surface area contributed by atoms with E-state index in [-0.39, 0.29) is 27.5 Å². The van der Waals surface area contributed by atoms with E-state index in [1.807, 2.05) is 6.92 Å². The van der Waals surface area contributed by atoms with Crippen molar-refractivity contribution in [2.75, 3.05) is 18.9 Å². The van der Waals surface area contributed by atoms with Gasteiger partial charge in [-0.3, -0.25) is 0 Å². The lowest BCUT2D eigenvalue weighted by atomic mass is 10.0. The number of hydrogen-bond acceptors (Lipinski definition) is 4. The number of anilines is 1. The molecule has 112 valence electrons. The van der Waals surface area contributed by atoms with E-state index in [4.69, 9.17) is 28.9 Å². The van der Waals surface area contributed by atoms with Gasteiger partial charge in [0, 0.05) is 12.2 Å². The van der Waals surface area contributed by atoms with Gasteiger partial charge in [-0.05, 0) is 24.5 Å². The fraction of sp³-hybridized carbons (Fsp3) is 0.500. The third-order valence-electron chi connectivity index (χ3n) is 3.61. The minimum Gasteiger partial charge on any atom is -0.399 e. The summed E-state index contributed by atoms with van der Waals surface area (Å²) in [5, 5.41) is 9.39. The lowest BCUT2D eigenvalue weighted by Crippen LogP contribution is -2.40. The van der Waals surface area contributed by atoms with Crippen molar-refractivity contribution in [3.8, 4) is 0 Å². The zero-order chi connectivity index (χ0) is 15.1. The Hall–Kier alpha value is -0.530. The molecule has 3 N–H and O–H groups in total. The Morgan fingerprint density at radius 3 is 2.45 bits per heavy atom. The molecule has 2 atom stereocenters. The van der Waals surface area contributed by atoms with Crippen LogP contribution in [0.3, 0.4) is 0 Å². The van der Waals surface area contributed by atoms with Crippen LogP contribution in [-0.2, 0) is 10.0 Å². The predicted molar refractivity (Wildman–Crippen MR) is 79.4 cm³/mol. The molecular weight excluding hydrogens is 323 g/mol. The highest BCUT2D eigenvalue weighted by Crippen LogP contribution is 2.37. The SMILES string of the molecule is CC1CCN(S(=O)(=O)c2c(Cl)cc(N)cc2Cl)C1CO. The highest BCUT2D eigenvalue weighted by Gasteiger charge is 2.40. The number of benzene rings is 1. The molecule has 2 unspecified atom stereocenters. The van der Waals surface area contributed by atoms with Crippen molar-refractivity contribution in [3.05, 3.63) is 22.2 Å². The van der Waals surface area contributed by atoms with Gasteiger partial charge in [-0.2, -0.15) is 4.31 Å². The maximum atomic E-state index is 12.7. The van der Waals surface area contributed by atoms with Gasteiger partial charge in [-0.15, -0.1) is 0 Å².